The number of carbonyl (C=O) groups excluding carboxylic acids is 1. The molecule has 1 aliphatic rings. The van der Waals surface area contributed by atoms with Crippen molar-refractivity contribution in [3.05, 3.63) is 77.2 Å². The molecule has 0 N–H and O–H groups in total. The van der Waals surface area contributed by atoms with Gasteiger partial charge in [0.25, 0.3) is 0 Å². The van der Waals surface area contributed by atoms with E-state index in [0.29, 0.717) is 19.6 Å². The highest BCUT2D eigenvalue weighted by Gasteiger charge is 2.33. The van der Waals surface area contributed by atoms with Gasteiger partial charge in [-0.25, -0.2) is 4.79 Å². The van der Waals surface area contributed by atoms with E-state index in [-0.39, 0.29) is 12.1 Å². The Morgan fingerprint density at radius 2 is 1.71 bits per heavy atom. The van der Waals surface area contributed by atoms with Crippen LogP contribution in [0.2, 0.25) is 0 Å². The van der Waals surface area contributed by atoms with Crippen LogP contribution in [0, 0.1) is 13.8 Å². The molecule has 4 aromatic rings. The van der Waals surface area contributed by atoms with Gasteiger partial charge in [0, 0.05) is 37.8 Å². The van der Waals surface area contributed by atoms with Crippen molar-refractivity contribution in [2.75, 3.05) is 26.2 Å². The van der Waals surface area contributed by atoms with E-state index in [1.807, 2.05) is 55.9 Å². The van der Waals surface area contributed by atoms with Gasteiger partial charge in [-0.2, -0.15) is 4.68 Å². The average molecular weight is 514 g/mol. The summed E-state index contributed by atoms with van der Waals surface area (Å²) in [4.78, 5) is 21.7. The molecule has 0 spiro atoms. The first kappa shape index (κ1) is 25.8. The number of carbonyl (C=O) groups is 1. The van der Waals surface area contributed by atoms with E-state index >= 15 is 0 Å². The van der Waals surface area contributed by atoms with Crippen LogP contribution in [-0.2, 0) is 4.74 Å². The fourth-order valence-electron chi connectivity index (χ4n) is 5.22. The highest BCUT2D eigenvalue weighted by molar-refractivity contribution is 5.82. The lowest BCUT2D eigenvalue weighted by Gasteiger charge is -2.31. The summed E-state index contributed by atoms with van der Waals surface area (Å²) < 4.78 is 7.55. The number of aryl methyl sites for hydroxylation is 2. The van der Waals surface area contributed by atoms with Crippen molar-refractivity contribution < 1.29 is 9.53 Å². The van der Waals surface area contributed by atoms with Crippen LogP contribution >= 0.6 is 0 Å². The lowest BCUT2D eigenvalue weighted by atomic mass is 9.99. The Bertz CT molecular complexity index is 1420. The molecule has 1 amide bonds. The van der Waals surface area contributed by atoms with Gasteiger partial charge < -0.3 is 9.64 Å². The molecule has 0 radical (unpaired) electrons. The molecule has 38 heavy (non-hydrogen) atoms. The predicted molar refractivity (Wildman–Crippen MR) is 146 cm³/mol. The number of amides is 1. The van der Waals surface area contributed by atoms with Crippen molar-refractivity contribution in [1.29, 1.82) is 0 Å². The van der Waals surface area contributed by atoms with Gasteiger partial charge in [0.15, 0.2) is 5.82 Å². The molecule has 0 bridgehead atoms. The molecule has 9 heteroatoms. The average Bonchev–Trinajstić information content (AvgIpc) is 3.19. The second kappa shape index (κ2) is 10.5. The number of nitrogens with zero attached hydrogens (tertiary/aromatic N) is 7. The Morgan fingerprint density at radius 3 is 2.47 bits per heavy atom. The van der Waals surface area contributed by atoms with E-state index in [1.54, 1.807) is 4.90 Å². The summed E-state index contributed by atoms with van der Waals surface area (Å²) in [6, 6.07) is 16.2. The Kier molecular flexibility index (Phi) is 7.12. The second-order valence-corrected chi connectivity index (χ2v) is 10.9. The molecule has 1 fully saturated rings. The number of hydrogen-bond acceptors (Lipinski definition) is 7. The molecule has 2 aromatic heterocycles. The zero-order valence-electron chi connectivity index (χ0n) is 22.8. The zero-order valence-corrected chi connectivity index (χ0v) is 22.8. The van der Waals surface area contributed by atoms with E-state index in [1.165, 1.54) is 0 Å². The van der Waals surface area contributed by atoms with E-state index < -0.39 is 5.60 Å². The van der Waals surface area contributed by atoms with Gasteiger partial charge in [0.05, 0.1) is 17.2 Å². The largest absolute Gasteiger partial charge is 0.444 e. The van der Waals surface area contributed by atoms with E-state index in [2.05, 4.69) is 63.5 Å². The number of fused-ring (bicyclic) bond motifs is 1. The Hall–Kier alpha value is -3.85. The lowest BCUT2D eigenvalue weighted by molar-refractivity contribution is 0.0256. The Morgan fingerprint density at radius 1 is 0.947 bits per heavy atom. The third kappa shape index (κ3) is 5.24. The molecule has 2 aromatic carbocycles. The number of tetrazole rings is 1. The number of aromatic nitrogens is 5. The minimum Gasteiger partial charge on any atom is -0.444 e. The first-order valence-electron chi connectivity index (χ1n) is 13.1. The second-order valence-electron chi connectivity index (χ2n) is 10.9. The summed E-state index contributed by atoms with van der Waals surface area (Å²) in [5.74, 6) is 0.740. The van der Waals surface area contributed by atoms with E-state index in [9.17, 15) is 4.79 Å². The molecule has 0 aliphatic carbocycles. The smallest absolute Gasteiger partial charge is 0.410 e. The number of ether oxygens (including phenoxy) is 1. The van der Waals surface area contributed by atoms with Crippen LogP contribution in [-0.4, -0.2) is 72.9 Å². The molecule has 198 valence electrons. The van der Waals surface area contributed by atoms with Gasteiger partial charge in [-0.1, -0.05) is 36.4 Å². The van der Waals surface area contributed by atoms with Crippen LogP contribution in [0.4, 0.5) is 4.79 Å². The summed E-state index contributed by atoms with van der Waals surface area (Å²) in [7, 11) is 0. The normalized spacial score (nSPS) is 15.9. The van der Waals surface area contributed by atoms with Gasteiger partial charge in [0.1, 0.15) is 5.60 Å². The van der Waals surface area contributed by atoms with Crippen LogP contribution < -0.4 is 0 Å². The van der Waals surface area contributed by atoms with Crippen LogP contribution in [0.3, 0.4) is 0 Å². The van der Waals surface area contributed by atoms with E-state index in [0.717, 1.165) is 52.1 Å². The summed E-state index contributed by atoms with van der Waals surface area (Å²) >= 11 is 0. The number of pyridine rings is 1. The standard InChI is InChI=1S/C29H35N7O2/c1-20-10-8-11-21(2)25(20)36-27(31-32-33-36)26(23-14-15-30-24-13-7-6-12-22(23)24)34-16-9-17-35(19-18-34)28(37)38-29(3,4)5/h6-8,10-15,26H,9,16-19H2,1-5H3. The number of rotatable bonds is 4. The van der Waals surface area contributed by atoms with Crippen molar-refractivity contribution in [1.82, 2.24) is 35.0 Å². The molecule has 1 saturated heterocycles. The topological polar surface area (TPSA) is 89.3 Å². The fourth-order valence-corrected chi connectivity index (χ4v) is 5.22. The summed E-state index contributed by atoms with van der Waals surface area (Å²) in [5.41, 5.74) is 4.67. The van der Waals surface area contributed by atoms with Crippen molar-refractivity contribution in [3.63, 3.8) is 0 Å². The van der Waals surface area contributed by atoms with Gasteiger partial charge in [-0.15, -0.1) is 5.10 Å². The molecule has 9 nitrogen and oxygen atoms in total. The maximum absolute atomic E-state index is 12.9. The van der Waals surface area contributed by atoms with Crippen LogP contribution in [0.1, 0.15) is 55.7 Å². The van der Waals surface area contributed by atoms with Crippen molar-refractivity contribution >= 4 is 17.0 Å². The first-order chi connectivity index (χ1) is 18.2. The summed E-state index contributed by atoms with van der Waals surface area (Å²) in [5, 5.41) is 14.3. The first-order valence-corrected chi connectivity index (χ1v) is 13.1. The third-order valence-corrected chi connectivity index (χ3v) is 6.91. The molecular weight excluding hydrogens is 478 g/mol. The molecule has 1 atom stereocenters. The van der Waals surface area contributed by atoms with Crippen molar-refractivity contribution in [3.8, 4) is 5.69 Å². The minimum atomic E-state index is -0.533. The molecule has 1 aliphatic heterocycles. The Labute approximate surface area is 223 Å². The zero-order chi connectivity index (χ0) is 26.9. The molecule has 1 unspecified atom stereocenters. The van der Waals surface area contributed by atoms with Crippen LogP contribution in [0.5, 0.6) is 0 Å². The third-order valence-electron chi connectivity index (χ3n) is 6.91. The van der Waals surface area contributed by atoms with Gasteiger partial charge in [-0.3, -0.25) is 9.88 Å². The highest BCUT2D eigenvalue weighted by atomic mass is 16.6. The molecule has 5 rings (SSSR count). The monoisotopic (exact) mass is 513 g/mol. The number of hydrogen-bond donors (Lipinski definition) is 0. The van der Waals surface area contributed by atoms with Gasteiger partial charge in [0.2, 0.25) is 0 Å². The van der Waals surface area contributed by atoms with Crippen molar-refractivity contribution in [2.45, 2.75) is 52.7 Å². The quantitative estimate of drug-likeness (QED) is 0.385. The molecular formula is C29H35N7O2. The molecule has 0 saturated carbocycles. The van der Waals surface area contributed by atoms with E-state index in [4.69, 9.17) is 4.74 Å². The number of benzene rings is 2. The predicted octanol–water partition coefficient (Wildman–Crippen LogP) is 4.86. The maximum atomic E-state index is 12.9. The summed E-state index contributed by atoms with van der Waals surface area (Å²) in [6.07, 6.45) is 2.39. The highest BCUT2D eigenvalue weighted by Crippen LogP contribution is 2.34. The number of para-hydroxylation sites is 2. The van der Waals surface area contributed by atoms with Crippen LogP contribution in [0.15, 0.2) is 54.7 Å². The SMILES string of the molecule is Cc1cccc(C)c1-n1nnnc1C(c1ccnc2ccccc12)N1CCCN(C(=O)OC(C)(C)C)CC1. The van der Waals surface area contributed by atoms with Gasteiger partial charge >= 0.3 is 6.09 Å². The Balaban J connectivity index is 1.58. The van der Waals surface area contributed by atoms with Gasteiger partial charge in [-0.05, 0) is 80.3 Å². The summed E-state index contributed by atoms with van der Waals surface area (Å²) in [6.45, 7) is 12.5. The minimum absolute atomic E-state index is 0.240. The lowest BCUT2D eigenvalue weighted by Crippen LogP contribution is -2.40. The molecule has 3 heterocycles. The fraction of sp³-hybridized carbons (Fsp3) is 0.414. The maximum Gasteiger partial charge on any atom is 0.410 e. The van der Waals surface area contributed by atoms with Crippen molar-refractivity contribution in [2.24, 2.45) is 0 Å². The van der Waals surface area contributed by atoms with Crippen LogP contribution in [0.25, 0.3) is 16.6 Å².